The van der Waals surface area contributed by atoms with Crippen LogP contribution in [0.5, 0.6) is 0 Å². The van der Waals surface area contributed by atoms with Crippen molar-refractivity contribution < 1.29 is 9.53 Å². The molecule has 0 unspecified atom stereocenters. The number of rotatable bonds is 4. The molecule has 136 valence electrons. The summed E-state index contributed by atoms with van der Waals surface area (Å²) in [5.74, 6) is 0.867. The number of hydrogen-bond acceptors (Lipinski definition) is 4. The van der Waals surface area contributed by atoms with E-state index in [1.165, 1.54) is 45.2 Å². The van der Waals surface area contributed by atoms with Crippen LogP contribution in [-0.4, -0.2) is 62.3 Å². The quantitative estimate of drug-likeness (QED) is 0.818. The van der Waals surface area contributed by atoms with Crippen molar-refractivity contribution in [3.8, 4) is 0 Å². The topological polar surface area (TPSA) is 53.6 Å². The Balaban J connectivity index is 1.44. The van der Waals surface area contributed by atoms with E-state index >= 15 is 0 Å². The fraction of sp³-hybridized carbons (Fsp3) is 0.947. The third-order valence-electron chi connectivity index (χ3n) is 7.27. The lowest BCUT2D eigenvalue weighted by Crippen LogP contribution is -2.59. The molecule has 5 heteroatoms. The van der Waals surface area contributed by atoms with Gasteiger partial charge in [0.15, 0.2) is 0 Å². The van der Waals surface area contributed by atoms with Gasteiger partial charge in [-0.3, -0.25) is 9.69 Å². The fourth-order valence-corrected chi connectivity index (χ4v) is 5.66. The van der Waals surface area contributed by atoms with Gasteiger partial charge in [0, 0.05) is 31.8 Å². The molecule has 4 aliphatic rings. The Hall–Kier alpha value is -0.650. The molecule has 0 spiro atoms. The van der Waals surface area contributed by atoms with Crippen LogP contribution >= 0.6 is 0 Å². The van der Waals surface area contributed by atoms with E-state index in [2.05, 4.69) is 15.5 Å². The van der Waals surface area contributed by atoms with Crippen molar-refractivity contribution in [1.82, 2.24) is 15.5 Å². The second-order valence-electron chi connectivity index (χ2n) is 8.44. The van der Waals surface area contributed by atoms with Gasteiger partial charge in [-0.1, -0.05) is 12.8 Å². The van der Waals surface area contributed by atoms with E-state index in [0.29, 0.717) is 11.8 Å². The smallest absolute Gasteiger partial charge is 0.227 e. The van der Waals surface area contributed by atoms with Crippen LogP contribution in [0.15, 0.2) is 0 Å². The van der Waals surface area contributed by atoms with Crippen LogP contribution < -0.4 is 10.6 Å². The van der Waals surface area contributed by atoms with E-state index in [0.717, 1.165) is 52.1 Å². The zero-order chi connectivity index (χ0) is 16.5. The molecule has 0 aromatic rings. The normalized spacial score (nSPS) is 36.4. The van der Waals surface area contributed by atoms with Crippen LogP contribution in [0.4, 0.5) is 0 Å². The molecule has 1 saturated carbocycles. The Kier molecular flexibility index (Phi) is 4.85. The predicted octanol–water partition coefficient (Wildman–Crippen LogP) is 1.53. The summed E-state index contributed by atoms with van der Waals surface area (Å²) >= 11 is 0. The highest BCUT2D eigenvalue weighted by molar-refractivity contribution is 5.84. The standard InChI is InChI=1S/C19H33N3O2/c23-17(19-6-2-1-5-16(19)13-20-15-19)21-14-18(7-11-24-12-8-18)22-9-3-4-10-22/h16,20H,1-15H2,(H,21,23)/t16-,19+/m0/s1. The van der Waals surface area contributed by atoms with Crippen LogP contribution in [0.2, 0.25) is 0 Å². The number of fused-ring (bicyclic) bond motifs is 1. The van der Waals surface area contributed by atoms with Crippen molar-refractivity contribution in [2.24, 2.45) is 11.3 Å². The highest BCUT2D eigenvalue weighted by Crippen LogP contribution is 2.44. The average molecular weight is 335 g/mol. The van der Waals surface area contributed by atoms with Crippen molar-refractivity contribution in [2.75, 3.05) is 45.9 Å². The number of nitrogens with zero attached hydrogens (tertiary/aromatic N) is 1. The highest BCUT2D eigenvalue weighted by Gasteiger charge is 2.50. The minimum absolute atomic E-state index is 0.129. The van der Waals surface area contributed by atoms with Crippen LogP contribution in [0.25, 0.3) is 0 Å². The van der Waals surface area contributed by atoms with Crippen LogP contribution in [0.1, 0.15) is 51.4 Å². The zero-order valence-corrected chi connectivity index (χ0v) is 14.9. The summed E-state index contributed by atoms with van der Waals surface area (Å²) in [5, 5.41) is 6.92. The molecule has 0 aromatic heterocycles. The van der Waals surface area contributed by atoms with E-state index in [9.17, 15) is 4.79 Å². The molecule has 2 N–H and O–H groups in total. The van der Waals surface area contributed by atoms with E-state index < -0.39 is 0 Å². The maximum absolute atomic E-state index is 13.2. The average Bonchev–Trinajstić information content (AvgIpc) is 3.30. The first kappa shape index (κ1) is 16.8. The maximum Gasteiger partial charge on any atom is 0.227 e. The van der Waals surface area contributed by atoms with Crippen molar-refractivity contribution >= 4 is 5.91 Å². The number of hydrogen-bond donors (Lipinski definition) is 2. The summed E-state index contributed by atoms with van der Waals surface area (Å²) in [6, 6.07) is 0. The second-order valence-corrected chi connectivity index (χ2v) is 8.44. The number of nitrogens with one attached hydrogen (secondary N) is 2. The number of ether oxygens (including phenoxy) is 1. The van der Waals surface area contributed by atoms with Crippen molar-refractivity contribution in [3.63, 3.8) is 0 Å². The van der Waals surface area contributed by atoms with Gasteiger partial charge in [0.05, 0.1) is 5.41 Å². The molecular weight excluding hydrogens is 302 g/mol. The van der Waals surface area contributed by atoms with Crippen molar-refractivity contribution in [3.05, 3.63) is 0 Å². The highest BCUT2D eigenvalue weighted by atomic mass is 16.5. The van der Waals surface area contributed by atoms with E-state index in [-0.39, 0.29) is 11.0 Å². The summed E-state index contributed by atoms with van der Waals surface area (Å²) in [7, 11) is 0. The Labute approximate surface area is 145 Å². The van der Waals surface area contributed by atoms with E-state index in [1.54, 1.807) is 0 Å². The van der Waals surface area contributed by atoms with Crippen LogP contribution in [-0.2, 0) is 9.53 Å². The molecule has 2 atom stereocenters. The molecule has 3 heterocycles. The van der Waals surface area contributed by atoms with Gasteiger partial charge in [-0.15, -0.1) is 0 Å². The molecule has 3 aliphatic heterocycles. The summed E-state index contributed by atoms with van der Waals surface area (Å²) in [6.07, 6.45) is 9.48. The van der Waals surface area contributed by atoms with Crippen molar-refractivity contribution in [1.29, 1.82) is 0 Å². The predicted molar refractivity (Wildman–Crippen MR) is 93.9 cm³/mol. The second kappa shape index (κ2) is 6.93. The summed E-state index contributed by atoms with van der Waals surface area (Å²) in [6.45, 7) is 6.76. The molecule has 0 bridgehead atoms. The first-order valence-electron chi connectivity index (χ1n) is 10.1. The molecule has 5 nitrogen and oxygen atoms in total. The van der Waals surface area contributed by atoms with Gasteiger partial charge in [-0.2, -0.15) is 0 Å². The lowest BCUT2D eigenvalue weighted by Gasteiger charge is -2.46. The minimum atomic E-state index is -0.129. The van der Waals surface area contributed by atoms with E-state index in [4.69, 9.17) is 4.74 Å². The first-order chi connectivity index (χ1) is 11.8. The molecule has 4 fully saturated rings. The van der Waals surface area contributed by atoms with Gasteiger partial charge >= 0.3 is 0 Å². The molecule has 24 heavy (non-hydrogen) atoms. The Morgan fingerprint density at radius 1 is 1.12 bits per heavy atom. The molecule has 0 aromatic carbocycles. The van der Waals surface area contributed by atoms with Gasteiger partial charge in [0.1, 0.15) is 0 Å². The molecular formula is C19H33N3O2. The largest absolute Gasteiger partial charge is 0.381 e. The molecule has 3 saturated heterocycles. The number of likely N-dealkylation sites (tertiary alicyclic amines) is 1. The van der Waals surface area contributed by atoms with Gasteiger partial charge < -0.3 is 15.4 Å². The van der Waals surface area contributed by atoms with Crippen LogP contribution in [0, 0.1) is 11.3 Å². The monoisotopic (exact) mass is 335 g/mol. The number of carbonyl (C=O) groups is 1. The molecule has 4 rings (SSSR count). The Morgan fingerprint density at radius 2 is 1.92 bits per heavy atom. The molecule has 0 radical (unpaired) electrons. The molecule has 1 aliphatic carbocycles. The maximum atomic E-state index is 13.2. The van der Waals surface area contributed by atoms with Crippen LogP contribution in [0.3, 0.4) is 0 Å². The van der Waals surface area contributed by atoms with Crippen molar-refractivity contribution in [2.45, 2.75) is 56.9 Å². The fourth-order valence-electron chi connectivity index (χ4n) is 5.66. The lowest BCUT2D eigenvalue weighted by atomic mass is 9.67. The summed E-state index contributed by atoms with van der Waals surface area (Å²) in [5.41, 5.74) is 0.00681. The van der Waals surface area contributed by atoms with Gasteiger partial charge in [0.25, 0.3) is 0 Å². The van der Waals surface area contributed by atoms with Gasteiger partial charge in [0.2, 0.25) is 5.91 Å². The number of carbonyl (C=O) groups excluding carboxylic acids is 1. The third kappa shape index (κ3) is 2.89. The summed E-state index contributed by atoms with van der Waals surface area (Å²) < 4.78 is 5.63. The third-order valence-corrected chi connectivity index (χ3v) is 7.27. The van der Waals surface area contributed by atoms with E-state index in [1.807, 2.05) is 0 Å². The Morgan fingerprint density at radius 3 is 2.71 bits per heavy atom. The number of amides is 1. The van der Waals surface area contributed by atoms with Gasteiger partial charge in [-0.05, 0) is 64.1 Å². The Bertz CT molecular complexity index is 458. The summed E-state index contributed by atoms with van der Waals surface area (Å²) in [4.78, 5) is 15.8. The zero-order valence-electron chi connectivity index (χ0n) is 14.9. The van der Waals surface area contributed by atoms with Gasteiger partial charge in [-0.25, -0.2) is 0 Å². The minimum Gasteiger partial charge on any atom is -0.381 e. The lowest BCUT2D eigenvalue weighted by molar-refractivity contribution is -0.135. The first-order valence-corrected chi connectivity index (χ1v) is 10.1. The molecule has 1 amide bonds. The SMILES string of the molecule is O=C(NCC1(N2CCCC2)CCOCC1)[C@@]12CCCC[C@H]1CNC2.